The van der Waals surface area contributed by atoms with Gasteiger partial charge in [0.2, 0.25) is 0 Å². The maximum Gasteiger partial charge on any atom is 0.338 e. The number of benzene rings is 9. The molecular formula is C82H76Br3N3O13. The predicted molar refractivity (Wildman–Crippen MR) is 407 cm³/mol. The number of carbonyl (C=O) groups is 6. The molecule has 0 bridgehead atoms. The molecule has 19 heteroatoms. The standard InChI is InChI=1S/C28H26BrNO4.C26H22BrNO4.C19H17BrO3.C9H11NO2/c1-5-33-27(32)19-10-12-21(13-11-19)30-26(31)20-14-22-23(18-8-6-17(2)7-9-18)16-28(3,4)34-25(22)24(29)15-20;1-15-4-6-16(7-5-15)21-14-26(2,3)32-23-20(21)12-18(13-22(23)27)24(29)28-19-10-8-17(9-11-19)25(30)31;1-11-4-6-12(7-5-11)15-10-19(2,3)23-17-14(15)8-13(18(21)22)9-16(17)20;1-2-12-9(11)7-3-5-8(10)6-4-7/h6-16H,5H2,1-4H3,(H,30,31);4-14H,1-3H3,(H,28,29)(H,30,31);4-10H,1-3H3,(H,21,22);3-6H,2,10H2,1H3. The van der Waals surface area contributed by atoms with Gasteiger partial charge < -0.3 is 50.3 Å². The first-order valence-corrected chi connectivity index (χ1v) is 34.7. The predicted octanol–water partition coefficient (Wildman–Crippen LogP) is 19.6. The molecule has 3 aliphatic rings. The van der Waals surface area contributed by atoms with Crippen LogP contribution in [0.25, 0.3) is 16.7 Å². The largest absolute Gasteiger partial charge is 0.482 e. The number of nitrogen functional groups attached to an aromatic ring is 1. The second-order valence-electron chi connectivity index (χ2n) is 25.6. The Labute approximate surface area is 612 Å². The zero-order chi connectivity index (χ0) is 73.3. The Bertz CT molecular complexity index is 4730. The molecule has 9 aromatic rings. The molecule has 6 N–H and O–H groups in total. The quantitative estimate of drug-likeness (QED) is 0.0533. The Balaban J connectivity index is 0.000000165. The minimum absolute atomic E-state index is 0.159. The molecule has 0 spiro atoms. The third kappa shape index (κ3) is 19.2. The monoisotopic (exact) mass is 1550 g/mol. The lowest BCUT2D eigenvalue weighted by Gasteiger charge is -2.32. The van der Waals surface area contributed by atoms with Crippen molar-refractivity contribution < 1.29 is 62.7 Å². The molecule has 0 fully saturated rings. The summed E-state index contributed by atoms with van der Waals surface area (Å²) >= 11 is 10.6. The summed E-state index contributed by atoms with van der Waals surface area (Å²) < 4.78 is 30.3. The number of amides is 2. The highest BCUT2D eigenvalue weighted by Crippen LogP contribution is 2.47. The second-order valence-corrected chi connectivity index (χ2v) is 28.2. The molecule has 16 nitrogen and oxygen atoms in total. The summed E-state index contributed by atoms with van der Waals surface area (Å²) in [5, 5.41) is 24.1. The SMILES string of the molecule is CCOC(=O)c1ccc(N)cc1.CCOC(=O)c1ccc(NC(=O)c2cc(Br)c3c(c2)C(c2ccc(C)cc2)=CC(C)(C)O3)cc1.Cc1ccc(C2=CC(C)(C)Oc3c(Br)cc(C(=O)Nc4ccc(C(=O)O)cc4)cc32)cc1.Cc1ccc(C2=CC(C)(C)Oc3c(Br)cc(C(=O)O)cc32)cc1. The molecule has 101 heavy (non-hydrogen) atoms. The zero-order valence-corrected chi connectivity index (χ0v) is 62.3. The lowest BCUT2D eigenvalue weighted by molar-refractivity contribution is 0.0517. The van der Waals surface area contributed by atoms with Gasteiger partial charge in [0.1, 0.15) is 34.1 Å². The highest BCUT2D eigenvalue weighted by Gasteiger charge is 2.34. The molecule has 0 atom stereocenters. The van der Waals surface area contributed by atoms with Crippen LogP contribution in [0.3, 0.4) is 0 Å². The van der Waals surface area contributed by atoms with Gasteiger partial charge in [0.05, 0.1) is 48.9 Å². The van der Waals surface area contributed by atoms with Gasteiger partial charge in [-0.05, 0) is 285 Å². The number of fused-ring (bicyclic) bond motifs is 3. The number of hydrogen-bond donors (Lipinski definition) is 5. The number of nitrogens with one attached hydrogen (secondary N) is 2. The minimum Gasteiger partial charge on any atom is -0.482 e. The fraction of sp³-hybridized carbons (Fsp3) is 0.195. The average molecular weight is 1550 g/mol. The van der Waals surface area contributed by atoms with Gasteiger partial charge in [-0.15, -0.1) is 0 Å². The Morgan fingerprint density at radius 1 is 0.396 bits per heavy atom. The summed E-state index contributed by atoms with van der Waals surface area (Å²) in [4.78, 5) is 71.4. The number of nitrogens with two attached hydrogens (primary N) is 1. The fourth-order valence-corrected chi connectivity index (χ4v) is 12.6. The van der Waals surface area contributed by atoms with Crippen LogP contribution in [0.1, 0.15) is 168 Å². The molecular weight excluding hydrogens is 1470 g/mol. The molecule has 3 aliphatic heterocycles. The molecule has 12 rings (SSSR count). The maximum atomic E-state index is 13.1. The Morgan fingerprint density at radius 3 is 0.970 bits per heavy atom. The van der Waals surface area contributed by atoms with E-state index in [1.54, 1.807) is 98.8 Å². The molecule has 0 saturated carbocycles. The van der Waals surface area contributed by atoms with E-state index in [0.717, 1.165) is 50.1 Å². The van der Waals surface area contributed by atoms with Crippen molar-refractivity contribution in [2.24, 2.45) is 0 Å². The Hall–Kier alpha value is -10.3. The van der Waals surface area contributed by atoms with Gasteiger partial charge in [-0.2, -0.15) is 0 Å². The van der Waals surface area contributed by atoms with E-state index in [-0.39, 0.29) is 28.9 Å². The molecule has 0 aliphatic carbocycles. The second kappa shape index (κ2) is 31.9. The van der Waals surface area contributed by atoms with E-state index in [2.05, 4.69) is 138 Å². The first-order valence-electron chi connectivity index (χ1n) is 32.3. The smallest absolute Gasteiger partial charge is 0.338 e. The first kappa shape index (κ1) is 74.9. The number of carboxylic acid groups (broad SMARTS) is 2. The van der Waals surface area contributed by atoms with Crippen LogP contribution >= 0.6 is 47.8 Å². The van der Waals surface area contributed by atoms with Crippen molar-refractivity contribution in [2.45, 2.75) is 93.0 Å². The van der Waals surface area contributed by atoms with Crippen molar-refractivity contribution >= 4 is 117 Å². The summed E-state index contributed by atoms with van der Waals surface area (Å²) in [6, 6.07) is 54.5. The van der Waals surface area contributed by atoms with E-state index in [1.165, 1.54) is 28.8 Å². The summed E-state index contributed by atoms with van der Waals surface area (Å²) in [6.07, 6.45) is 6.19. The lowest BCUT2D eigenvalue weighted by atomic mass is 9.88. The molecule has 0 unspecified atom stereocenters. The summed E-state index contributed by atoms with van der Waals surface area (Å²) in [5.74, 6) is -1.16. The van der Waals surface area contributed by atoms with Crippen LogP contribution in [-0.2, 0) is 9.47 Å². The van der Waals surface area contributed by atoms with Gasteiger partial charge in [0.25, 0.3) is 11.8 Å². The van der Waals surface area contributed by atoms with Gasteiger partial charge >= 0.3 is 23.9 Å². The first-order chi connectivity index (χ1) is 47.8. The van der Waals surface area contributed by atoms with E-state index in [1.807, 2.05) is 85.7 Å². The molecule has 518 valence electrons. The van der Waals surface area contributed by atoms with E-state index in [0.29, 0.717) is 83.2 Å². The van der Waals surface area contributed by atoms with Gasteiger partial charge in [-0.3, -0.25) is 9.59 Å². The number of carboxylic acids is 2. The Kier molecular flexibility index (Phi) is 23.6. The van der Waals surface area contributed by atoms with Crippen LogP contribution in [0.2, 0.25) is 0 Å². The van der Waals surface area contributed by atoms with E-state index in [9.17, 15) is 33.9 Å². The van der Waals surface area contributed by atoms with Gasteiger partial charge in [0, 0.05) is 44.9 Å². The lowest BCUT2D eigenvalue weighted by Crippen LogP contribution is -2.29. The molecule has 3 heterocycles. The number of carbonyl (C=O) groups excluding carboxylic acids is 4. The summed E-state index contributed by atoms with van der Waals surface area (Å²) in [7, 11) is 0. The minimum atomic E-state index is -1.01. The van der Waals surface area contributed by atoms with Crippen molar-refractivity contribution in [3.05, 3.63) is 297 Å². The summed E-state index contributed by atoms with van der Waals surface area (Å²) in [6.45, 7) is 22.4. The molecule has 0 saturated heterocycles. The van der Waals surface area contributed by atoms with E-state index >= 15 is 0 Å². The van der Waals surface area contributed by atoms with Crippen LogP contribution in [0.15, 0.2) is 214 Å². The Morgan fingerprint density at radius 2 is 0.673 bits per heavy atom. The highest BCUT2D eigenvalue weighted by molar-refractivity contribution is 9.11. The van der Waals surface area contributed by atoms with E-state index in [4.69, 9.17) is 34.5 Å². The van der Waals surface area contributed by atoms with Crippen molar-refractivity contribution in [3.63, 3.8) is 0 Å². The molecule has 9 aromatic carbocycles. The molecule has 0 aromatic heterocycles. The van der Waals surface area contributed by atoms with Crippen molar-refractivity contribution in [3.8, 4) is 17.2 Å². The number of esters is 2. The normalized spacial score (nSPS) is 13.7. The number of aryl methyl sites for hydroxylation is 3. The number of rotatable bonds is 13. The third-order valence-electron chi connectivity index (χ3n) is 15.9. The topological polar surface area (TPSA) is 239 Å². The fourth-order valence-electron chi connectivity index (χ4n) is 11.0. The van der Waals surface area contributed by atoms with Crippen LogP contribution < -0.4 is 30.6 Å². The number of hydrogen-bond acceptors (Lipinski definition) is 12. The number of halogens is 3. The maximum absolute atomic E-state index is 13.1. The third-order valence-corrected chi connectivity index (χ3v) is 17.7. The van der Waals surface area contributed by atoms with Crippen LogP contribution in [-0.4, -0.2) is 75.9 Å². The van der Waals surface area contributed by atoms with Crippen LogP contribution in [0, 0.1) is 20.8 Å². The van der Waals surface area contributed by atoms with Crippen molar-refractivity contribution in [1.82, 2.24) is 0 Å². The molecule has 2 amide bonds. The summed E-state index contributed by atoms with van der Waals surface area (Å²) in [5.41, 5.74) is 20.2. The highest BCUT2D eigenvalue weighted by atomic mass is 79.9. The number of anilines is 3. The zero-order valence-electron chi connectivity index (χ0n) is 57.6. The van der Waals surface area contributed by atoms with Crippen LogP contribution in [0.4, 0.5) is 17.1 Å². The number of aromatic carboxylic acids is 2. The number of ether oxygens (including phenoxy) is 5. The van der Waals surface area contributed by atoms with Crippen molar-refractivity contribution in [1.29, 1.82) is 0 Å². The average Bonchev–Trinajstić information content (AvgIpc) is 0.772. The van der Waals surface area contributed by atoms with Gasteiger partial charge in [-0.1, -0.05) is 89.5 Å². The van der Waals surface area contributed by atoms with E-state index < -0.39 is 34.7 Å². The van der Waals surface area contributed by atoms with Gasteiger partial charge in [0.15, 0.2) is 0 Å². The molecule has 0 radical (unpaired) electrons. The van der Waals surface area contributed by atoms with Gasteiger partial charge in [-0.25, -0.2) is 19.2 Å². The van der Waals surface area contributed by atoms with Crippen molar-refractivity contribution in [2.75, 3.05) is 29.6 Å². The van der Waals surface area contributed by atoms with Crippen LogP contribution in [0.5, 0.6) is 17.2 Å².